The number of carbonyl (C=O) groups is 2. The van der Waals surface area contributed by atoms with Crippen molar-refractivity contribution in [3.05, 3.63) is 11.1 Å². The summed E-state index contributed by atoms with van der Waals surface area (Å²) in [6.07, 6.45) is 2.76. The third-order valence-electron chi connectivity index (χ3n) is 6.19. The number of nitrogens with one attached hydrogen (secondary N) is 2. The fraction of sp³-hybridized carbons (Fsp3) is 0.826. The second-order valence-corrected chi connectivity index (χ2v) is 11.8. The summed E-state index contributed by atoms with van der Waals surface area (Å²) in [7, 11) is 0. The Morgan fingerprint density at radius 2 is 1.03 bits per heavy atom. The van der Waals surface area contributed by atoms with E-state index in [1.54, 1.807) is 0 Å². The molecule has 0 aliphatic carbocycles. The van der Waals surface area contributed by atoms with E-state index in [2.05, 4.69) is 66.0 Å². The normalized spacial score (nSPS) is 25.9. The Labute approximate surface area is 175 Å². The molecule has 2 aliphatic rings. The third-order valence-corrected chi connectivity index (χ3v) is 6.19. The highest BCUT2D eigenvalue weighted by Gasteiger charge is 2.46. The summed E-state index contributed by atoms with van der Waals surface area (Å²) in [6.45, 7) is 17.2. The van der Waals surface area contributed by atoms with Gasteiger partial charge in [-0.3, -0.25) is 4.79 Å². The van der Waals surface area contributed by atoms with Gasteiger partial charge < -0.3 is 20.8 Å². The Hall–Kier alpha value is -1.40. The van der Waals surface area contributed by atoms with Crippen LogP contribution in [0.2, 0.25) is 0 Å². The van der Waals surface area contributed by atoms with Crippen LogP contribution in [0.4, 0.5) is 0 Å². The predicted molar refractivity (Wildman–Crippen MR) is 115 cm³/mol. The topological polar surface area (TPSA) is 98.7 Å². The van der Waals surface area contributed by atoms with Crippen LogP contribution in [0.5, 0.6) is 0 Å². The third kappa shape index (κ3) is 6.29. The molecule has 0 saturated carbocycles. The number of carboxylic acid groups (broad SMARTS) is 2. The van der Waals surface area contributed by atoms with Crippen molar-refractivity contribution >= 4 is 11.9 Å². The van der Waals surface area contributed by atoms with Crippen LogP contribution in [0.3, 0.4) is 0 Å². The van der Waals surface area contributed by atoms with E-state index < -0.39 is 18.4 Å². The van der Waals surface area contributed by atoms with Crippen molar-refractivity contribution in [1.82, 2.24) is 10.6 Å². The summed E-state index contributed by atoms with van der Waals surface area (Å²) < 4.78 is 0. The summed E-state index contributed by atoms with van der Waals surface area (Å²) in [5, 5.41) is 26.8. The lowest BCUT2D eigenvalue weighted by Crippen LogP contribution is -2.60. The predicted octanol–water partition coefficient (Wildman–Crippen LogP) is 3.96. The Balaban J connectivity index is 2.63. The van der Waals surface area contributed by atoms with E-state index in [9.17, 15) is 19.8 Å². The van der Waals surface area contributed by atoms with E-state index in [0.29, 0.717) is 0 Å². The van der Waals surface area contributed by atoms with Crippen molar-refractivity contribution in [3.8, 4) is 0 Å². The maximum Gasteiger partial charge on any atom is 0.332 e. The zero-order chi connectivity index (χ0) is 22.4. The number of rotatable bonds is 5. The largest absolute Gasteiger partial charge is 0.481 e. The van der Waals surface area contributed by atoms with E-state index in [4.69, 9.17) is 0 Å². The van der Waals surface area contributed by atoms with Crippen LogP contribution in [-0.2, 0) is 9.59 Å². The summed E-state index contributed by atoms with van der Waals surface area (Å²) >= 11 is 0. The van der Waals surface area contributed by atoms with Gasteiger partial charge in [-0.1, -0.05) is 5.57 Å². The molecule has 2 rings (SSSR count). The van der Waals surface area contributed by atoms with Crippen molar-refractivity contribution in [3.63, 3.8) is 0 Å². The van der Waals surface area contributed by atoms with Crippen LogP contribution in [0.25, 0.3) is 0 Å². The van der Waals surface area contributed by atoms with Gasteiger partial charge in [-0.25, -0.2) is 4.79 Å². The second kappa shape index (κ2) is 7.69. The van der Waals surface area contributed by atoms with Gasteiger partial charge in [0.15, 0.2) is 0 Å². The van der Waals surface area contributed by atoms with Crippen LogP contribution in [0.1, 0.15) is 87.5 Å². The highest BCUT2D eigenvalue weighted by molar-refractivity contribution is 5.93. The Morgan fingerprint density at radius 3 is 1.28 bits per heavy atom. The minimum atomic E-state index is -1.09. The Morgan fingerprint density at radius 1 is 0.724 bits per heavy atom. The van der Waals surface area contributed by atoms with E-state index >= 15 is 0 Å². The van der Waals surface area contributed by atoms with Gasteiger partial charge >= 0.3 is 11.9 Å². The number of hydrogen-bond donors (Lipinski definition) is 4. The molecule has 0 aromatic carbocycles. The van der Waals surface area contributed by atoms with Crippen LogP contribution < -0.4 is 10.6 Å². The average Bonchev–Trinajstić information content (AvgIpc) is 2.38. The molecule has 166 valence electrons. The molecule has 0 unspecified atom stereocenters. The molecule has 6 nitrogen and oxygen atoms in total. The first-order chi connectivity index (χ1) is 12.9. The molecule has 0 bridgehead atoms. The van der Waals surface area contributed by atoms with E-state index in [-0.39, 0.29) is 39.6 Å². The first-order valence-electron chi connectivity index (χ1n) is 10.7. The Bertz CT molecular complexity index is 632. The number of carboxylic acids is 2. The van der Waals surface area contributed by atoms with Crippen molar-refractivity contribution in [1.29, 1.82) is 0 Å². The van der Waals surface area contributed by atoms with Gasteiger partial charge in [-0.05, 0) is 92.9 Å². The molecule has 0 amide bonds. The van der Waals surface area contributed by atoms with Crippen molar-refractivity contribution in [2.24, 2.45) is 11.8 Å². The lowest BCUT2D eigenvalue weighted by atomic mass is 9.64. The first-order valence-corrected chi connectivity index (χ1v) is 10.7. The van der Waals surface area contributed by atoms with Crippen LogP contribution in [0, 0.1) is 11.8 Å². The molecule has 2 fully saturated rings. The second-order valence-electron chi connectivity index (χ2n) is 11.8. The summed E-state index contributed by atoms with van der Waals surface area (Å²) in [5.41, 5.74) is 0.357. The van der Waals surface area contributed by atoms with Crippen molar-refractivity contribution in [2.45, 2.75) is 110 Å². The lowest BCUT2D eigenvalue weighted by molar-refractivity contribution is -0.139. The Kier molecular flexibility index (Phi) is 6.33. The molecular formula is C23H40N2O4. The van der Waals surface area contributed by atoms with Crippen molar-refractivity contribution < 1.29 is 19.8 Å². The summed E-state index contributed by atoms with van der Waals surface area (Å²) in [4.78, 5) is 23.8. The molecule has 2 saturated heterocycles. The van der Waals surface area contributed by atoms with Crippen LogP contribution in [0.15, 0.2) is 11.1 Å². The zero-order valence-electron chi connectivity index (χ0n) is 19.4. The minimum absolute atomic E-state index is 0.0430. The molecule has 0 spiro atoms. The zero-order valence-corrected chi connectivity index (χ0v) is 19.4. The number of piperidine rings is 2. The molecule has 0 aromatic rings. The van der Waals surface area contributed by atoms with Gasteiger partial charge in [0.25, 0.3) is 0 Å². The molecular weight excluding hydrogens is 368 g/mol. The molecule has 2 aliphatic heterocycles. The SMILES string of the molecule is CC1(C)CC(C(=C(CC(=O)O)C(=O)O)C2CC(C)(C)NC(C)(C)C2)CC(C)(C)N1. The van der Waals surface area contributed by atoms with E-state index in [1.807, 2.05) is 0 Å². The molecule has 0 atom stereocenters. The van der Waals surface area contributed by atoms with E-state index in [1.165, 1.54) is 0 Å². The van der Waals surface area contributed by atoms with E-state index in [0.717, 1.165) is 31.3 Å². The fourth-order valence-corrected chi connectivity index (χ4v) is 6.36. The van der Waals surface area contributed by atoms with Crippen LogP contribution in [-0.4, -0.2) is 44.3 Å². The fourth-order valence-electron chi connectivity index (χ4n) is 6.36. The maximum absolute atomic E-state index is 12.3. The monoisotopic (exact) mass is 408 g/mol. The number of hydrogen-bond acceptors (Lipinski definition) is 4. The number of aliphatic carboxylic acids is 2. The van der Waals surface area contributed by atoms with Crippen LogP contribution >= 0.6 is 0 Å². The summed E-state index contributed by atoms with van der Waals surface area (Å²) in [5.74, 6) is -2.09. The highest BCUT2D eigenvalue weighted by atomic mass is 16.4. The molecule has 4 N–H and O–H groups in total. The smallest absolute Gasteiger partial charge is 0.332 e. The minimum Gasteiger partial charge on any atom is -0.481 e. The molecule has 0 aromatic heterocycles. The highest BCUT2D eigenvalue weighted by Crippen LogP contribution is 2.46. The quantitative estimate of drug-likeness (QED) is 0.514. The molecule has 2 heterocycles. The lowest BCUT2D eigenvalue weighted by Gasteiger charge is -2.52. The van der Waals surface area contributed by atoms with Gasteiger partial charge in [-0.15, -0.1) is 0 Å². The summed E-state index contributed by atoms with van der Waals surface area (Å²) in [6, 6.07) is 0. The molecule has 29 heavy (non-hydrogen) atoms. The maximum atomic E-state index is 12.3. The molecule has 6 heteroatoms. The van der Waals surface area contributed by atoms with Gasteiger partial charge in [0.1, 0.15) is 0 Å². The average molecular weight is 409 g/mol. The van der Waals surface area contributed by atoms with Crippen molar-refractivity contribution in [2.75, 3.05) is 0 Å². The van der Waals surface area contributed by atoms with Gasteiger partial charge in [0.05, 0.1) is 6.42 Å². The molecule has 0 radical (unpaired) electrons. The van der Waals surface area contributed by atoms with Gasteiger partial charge in [0.2, 0.25) is 0 Å². The first kappa shape index (κ1) is 23.9. The van der Waals surface area contributed by atoms with Gasteiger partial charge in [0, 0.05) is 27.7 Å². The standard InChI is InChI=1S/C23H40N2O4/c1-20(2)10-14(11-21(3,4)24-20)18(16(19(28)29)9-17(26)27)15-12-22(5,6)25-23(7,8)13-15/h14-15,24-25H,9-13H2,1-8H3,(H,26,27)(H,28,29). The van der Waals surface area contributed by atoms with Gasteiger partial charge in [-0.2, -0.15) is 0 Å². The number of allylic oxidation sites excluding steroid dienone is 1.